The van der Waals surface area contributed by atoms with E-state index in [0.29, 0.717) is 12.1 Å². The van der Waals surface area contributed by atoms with Gasteiger partial charge in [-0.25, -0.2) is 4.98 Å². The molecule has 1 aromatic rings. The number of aromatic nitrogens is 1. The molecule has 0 bridgehead atoms. The summed E-state index contributed by atoms with van der Waals surface area (Å²) in [4.78, 5) is 14.5. The van der Waals surface area contributed by atoms with Crippen LogP contribution >= 0.6 is 11.3 Å². The summed E-state index contributed by atoms with van der Waals surface area (Å²) >= 11 is 1.43. The van der Waals surface area contributed by atoms with Crippen molar-refractivity contribution in [3.63, 3.8) is 0 Å². The summed E-state index contributed by atoms with van der Waals surface area (Å²) in [5.41, 5.74) is 2.33. The first kappa shape index (κ1) is 8.20. The van der Waals surface area contributed by atoms with Gasteiger partial charge in [0.2, 0.25) is 0 Å². The smallest absolute Gasteiger partial charge is 0.312 e. The zero-order valence-electron chi connectivity index (χ0n) is 6.15. The van der Waals surface area contributed by atoms with Gasteiger partial charge in [0.1, 0.15) is 0 Å². The topological polar surface area (TPSA) is 50.2 Å². The van der Waals surface area contributed by atoms with Crippen LogP contribution in [-0.2, 0) is 4.79 Å². The summed E-state index contributed by atoms with van der Waals surface area (Å²) in [7, 11) is 0. The predicted molar refractivity (Wildman–Crippen MR) is 42.8 cm³/mol. The molecule has 0 aromatic carbocycles. The molecule has 0 unspecified atom stereocenters. The lowest BCUT2D eigenvalue weighted by Crippen LogP contribution is -2.10. The van der Waals surface area contributed by atoms with Crippen molar-refractivity contribution in [1.29, 1.82) is 0 Å². The van der Waals surface area contributed by atoms with Crippen LogP contribution in [-0.4, -0.2) is 16.1 Å². The Kier molecular flexibility index (Phi) is 2.59. The van der Waals surface area contributed by atoms with Gasteiger partial charge in [-0.3, -0.25) is 4.79 Å². The van der Waals surface area contributed by atoms with Crippen molar-refractivity contribution >= 4 is 17.3 Å². The third-order valence-corrected chi connectivity index (χ3v) is 2.12. The molecule has 0 fully saturated rings. The number of nitrogens with zero attached hydrogens (tertiary/aromatic N) is 1. The molecule has 0 aliphatic heterocycles. The minimum absolute atomic E-state index is 0.429. The Morgan fingerprint density at radius 2 is 2.64 bits per heavy atom. The van der Waals surface area contributed by atoms with Crippen LogP contribution in [0.25, 0.3) is 0 Å². The van der Waals surface area contributed by atoms with Gasteiger partial charge in [0, 0.05) is 5.38 Å². The van der Waals surface area contributed by atoms with Gasteiger partial charge in [-0.2, -0.15) is 0 Å². The molecule has 0 amide bonds. The number of aliphatic carboxylic acids is 1. The zero-order valence-corrected chi connectivity index (χ0v) is 6.97. The highest BCUT2D eigenvalue weighted by Crippen LogP contribution is 2.18. The van der Waals surface area contributed by atoms with Gasteiger partial charge >= 0.3 is 5.97 Å². The van der Waals surface area contributed by atoms with Crippen molar-refractivity contribution in [2.45, 2.75) is 19.3 Å². The third-order valence-electron chi connectivity index (χ3n) is 1.51. The van der Waals surface area contributed by atoms with E-state index in [1.54, 1.807) is 10.9 Å². The lowest BCUT2D eigenvalue weighted by atomic mass is 10.0. The van der Waals surface area contributed by atoms with Gasteiger partial charge in [0.05, 0.1) is 17.1 Å². The van der Waals surface area contributed by atoms with Gasteiger partial charge < -0.3 is 5.11 Å². The number of carboxylic acids is 1. The molecule has 60 valence electrons. The van der Waals surface area contributed by atoms with Gasteiger partial charge in [-0.15, -0.1) is 11.3 Å². The SMILES string of the molecule is CC[C@@H](C(=O)O)c1cscn1. The monoisotopic (exact) mass is 171 g/mol. The van der Waals surface area contributed by atoms with E-state index >= 15 is 0 Å². The van der Waals surface area contributed by atoms with Crippen LogP contribution < -0.4 is 0 Å². The van der Waals surface area contributed by atoms with Crippen LogP contribution in [0.15, 0.2) is 10.9 Å². The fourth-order valence-electron chi connectivity index (χ4n) is 0.904. The maximum atomic E-state index is 10.6. The van der Waals surface area contributed by atoms with Crippen LogP contribution in [0.5, 0.6) is 0 Å². The molecular formula is C7H9NO2S. The zero-order chi connectivity index (χ0) is 8.27. The largest absolute Gasteiger partial charge is 0.481 e. The molecule has 4 heteroatoms. The normalized spacial score (nSPS) is 12.8. The molecule has 0 aliphatic carbocycles. The van der Waals surface area contributed by atoms with E-state index in [9.17, 15) is 4.79 Å². The summed E-state index contributed by atoms with van der Waals surface area (Å²) < 4.78 is 0. The minimum Gasteiger partial charge on any atom is -0.481 e. The van der Waals surface area contributed by atoms with Crippen molar-refractivity contribution in [3.8, 4) is 0 Å². The standard InChI is InChI=1S/C7H9NO2S/c1-2-5(7(9)10)6-3-11-4-8-6/h3-5H,2H2,1H3,(H,9,10)/t5-/m1/s1. The van der Waals surface area contributed by atoms with Crippen LogP contribution in [0.1, 0.15) is 25.0 Å². The molecule has 0 aliphatic rings. The molecule has 0 saturated heterocycles. The lowest BCUT2D eigenvalue weighted by Gasteiger charge is -2.04. The molecule has 0 saturated carbocycles. The van der Waals surface area contributed by atoms with Gasteiger partial charge in [0.15, 0.2) is 0 Å². The highest BCUT2D eigenvalue weighted by Gasteiger charge is 2.18. The Bertz CT molecular complexity index is 233. The van der Waals surface area contributed by atoms with E-state index in [4.69, 9.17) is 5.11 Å². The van der Waals surface area contributed by atoms with Crippen LogP contribution in [0.2, 0.25) is 0 Å². The Morgan fingerprint density at radius 3 is 3.00 bits per heavy atom. The highest BCUT2D eigenvalue weighted by molar-refractivity contribution is 7.07. The van der Waals surface area contributed by atoms with Crippen LogP contribution in [0, 0.1) is 0 Å². The maximum Gasteiger partial charge on any atom is 0.312 e. The van der Waals surface area contributed by atoms with Crippen LogP contribution in [0.4, 0.5) is 0 Å². The fourth-order valence-corrected chi connectivity index (χ4v) is 1.51. The maximum absolute atomic E-state index is 10.6. The second-order valence-electron chi connectivity index (χ2n) is 2.21. The van der Waals surface area contributed by atoms with Crippen molar-refractivity contribution in [2.75, 3.05) is 0 Å². The fraction of sp³-hybridized carbons (Fsp3) is 0.429. The first-order valence-electron chi connectivity index (χ1n) is 3.36. The number of hydrogen-bond acceptors (Lipinski definition) is 3. The molecule has 1 rings (SSSR count). The van der Waals surface area contributed by atoms with Gasteiger partial charge in [0.25, 0.3) is 0 Å². The van der Waals surface area contributed by atoms with Gasteiger partial charge in [-0.1, -0.05) is 6.92 Å². The summed E-state index contributed by atoms with van der Waals surface area (Å²) in [6.45, 7) is 1.85. The van der Waals surface area contributed by atoms with E-state index in [-0.39, 0.29) is 0 Å². The first-order valence-corrected chi connectivity index (χ1v) is 4.31. The molecular weight excluding hydrogens is 162 g/mol. The average Bonchev–Trinajstić information content (AvgIpc) is 2.40. The van der Waals surface area contributed by atoms with Crippen LogP contribution in [0.3, 0.4) is 0 Å². The number of rotatable bonds is 3. The van der Waals surface area contributed by atoms with Crippen molar-refractivity contribution in [2.24, 2.45) is 0 Å². The Morgan fingerprint density at radius 1 is 1.91 bits per heavy atom. The number of carbonyl (C=O) groups is 1. The Labute approximate surface area is 68.7 Å². The molecule has 0 spiro atoms. The molecule has 1 aromatic heterocycles. The molecule has 3 nitrogen and oxygen atoms in total. The van der Waals surface area contributed by atoms with E-state index in [1.165, 1.54) is 11.3 Å². The lowest BCUT2D eigenvalue weighted by molar-refractivity contribution is -0.138. The molecule has 11 heavy (non-hydrogen) atoms. The number of carboxylic acid groups (broad SMARTS) is 1. The van der Waals surface area contributed by atoms with E-state index in [2.05, 4.69) is 4.98 Å². The number of hydrogen-bond donors (Lipinski definition) is 1. The van der Waals surface area contributed by atoms with Crippen molar-refractivity contribution in [1.82, 2.24) is 4.98 Å². The van der Waals surface area contributed by atoms with Crippen molar-refractivity contribution in [3.05, 3.63) is 16.6 Å². The van der Waals surface area contributed by atoms with E-state index < -0.39 is 11.9 Å². The Balaban J connectivity index is 2.79. The van der Waals surface area contributed by atoms with E-state index in [0.717, 1.165) is 0 Å². The Hall–Kier alpha value is -0.900. The molecule has 1 atom stereocenters. The van der Waals surface area contributed by atoms with Gasteiger partial charge in [-0.05, 0) is 6.42 Å². The molecule has 1 heterocycles. The summed E-state index contributed by atoms with van der Waals surface area (Å²) in [6, 6.07) is 0. The molecule has 1 N–H and O–H groups in total. The average molecular weight is 171 g/mol. The second-order valence-corrected chi connectivity index (χ2v) is 2.93. The summed E-state index contributed by atoms with van der Waals surface area (Å²) in [6.07, 6.45) is 0.596. The quantitative estimate of drug-likeness (QED) is 0.753. The third kappa shape index (κ3) is 1.77. The summed E-state index contributed by atoms with van der Waals surface area (Å²) in [5, 5.41) is 10.5. The summed E-state index contributed by atoms with van der Waals surface area (Å²) in [5.74, 6) is -1.22. The first-order chi connectivity index (χ1) is 5.25. The van der Waals surface area contributed by atoms with E-state index in [1.807, 2.05) is 6.92 Å². The van der Waals surface area contributed by atoms with Crippen molar-refractivity contribution < 1.29 is 9.90 Å². The highest BCUT2D eigenvalue weighted by atomic mass is 32.1. The second kappa shape index (κ2) is 3.48. The molecule has 0 radical (unpaired) electrons. The minimum atomic E-state index is -0.793. The number of thiazole rings is 1. The predicted octanol–water partition coefficient (Wildman–Crippen LogP) is 1.72.